The Kier molecular flexibility index (Phi) is 2.90. The Hall–Kier alpha value is -1.99. The molecule has 1 aromatic rings. The van der Waals surface area contributed by atoms with Crippen molar-refractivity contribution in [1.29, 1.82) is 0 Å². The zero-order chi connectivity index (χ0) is 9.68. The van der Waals surface area contributed by atoms with Gasteiger partial charge in [-0.2, -0.15) is 0 Å². The Morgan fingerprint density at radius 3 is 2.85 bits per heavy atom. The van der Waals surface area contributed by atoms with Gasteiger partial charge in [-0.15, -0.1) is 5.10 Å². The average molecular weight is 185 g/mol. The molecule has 2 N–H and O–H groups in total. The van der Waals surface area contributed by atoms with Crippen molar-refractivity contribution in [1.82, 2.24) is 25.5 Å². The van der Waals surface area contributed by atoms with Crippen LogP contribution in [0.15, 0.2) is 6.33 Å². The van der Waals surface area contributed by atoms with E-state index in [0.717, 1.165) is 0 Å². The van der Waals surface area contributed by atoms with Gasteiger partial charge in [-0.05, 0) is 10.4 Å². The molecular weight excluding hydrogens is 178 g/mol. The molecule has 13 heavy (non-hydrogen) atoms. The van der Waals surface area contributed by atoms with Crippen molar-refractivity contribution in [3.05, 3.63) is 6.33 Å². The first-order chi connectivity index (χ1) is 6.18. The van der Waals surface area contributed by atoms with Gasteiger partial charge in [0, 0.05) is 0 Å². The highest BCUT2D eigenvalue weighted by molar-refractivity contribution is 5.80. The van der Waals surface area contributed by atoms with Crippen molar-refractivity contribution in [2.24, 2.45) is 0 Å². The summed E-state index contributed by atoms with van der Waals surface area (Å²) < 4.78 is 1.19. The third-order valence-electron chi connectivity index (χ3n) is 1.13. The summed E-state index contributed by atoms with van der Waals surface area (Å²) in [5.74, 6) is -1.54. The van der Waals surface area contributed by atoms with Gasteiger partial charge in [0.05, 0.1) is 0 Å². The van der Waals surface area contributed by atoms with E-state index in [4.69, 9.17) is 5.11 Å². The van der Waals surface area contributed by atoms with E-state index in [1.165, 1.54) is 11.0 Å². The number of hydrogen-bond acceptors (Lipinski definition) is 5. The molecule has 70 valence electrons. The van der Waals surface area contributed by atoms with Crippen molar-refractivity contribution in [2.75, 3.05) is 6.54 Å². The Balaban J connectivity index is 2.30. The van der Waals surface area contributed by atoms with Gasteiger partial charge in [-0.25, -0.2) is 4.68 Å². The molecule has 0 fully saturated rings. The number of tetrazole rings is 1. The molecule has 0 aromatic carbocycles. The maximum absolute atomic E-state index is 10.9. The molecule has 0 spiro atoms. The number of aliphatic carboxylic acids is 1. The molecule has 1 heterocycles. The van der Waals surface area contributed by atoms with Gasteiger partial charge >= 0.3 is 5.97 Å². The SMILES string of the molecule is O=C(O)CNC(=O)Cn1cnnn1. The van der Waals surface area contributed by atoms with Crippen LogP contribution in [0.1, 0.15) is 0 Å². The van der Waals surface area contributed by atoms with Crippen LogP contribution in [-0.2, 0) is 16.1 Å². The van der Waals surface area contributed by atoms with Gasteiger partial charge < -0.3 is 10.4 Å². The van der Waals surface area contributed by atoms with Crippen molar-refractivity contribution >= 4 is 11.9 Å². The van der Waals surface area contributed by atoms with E-state index in [-0.39, 0.29) is 6.54 Å². The van der Waals surface area contributed by atoms with Crippen LogP contribution in [0, 0.1) is 0 Å². The highest BCUT2D eigenvalue weighted by atomic mass is 16.4. The molecule has 1 amide bonds. The lowest BCUT2D eigenvalue weighted by Gasteiger charge is -1.99. The number of carboxylic acid groups (broad SMARTS) is 1. The predicted molar refractivity (Wildman–Crippen MR) is 38.5 cm³/mol. The van der Waals surface area contributed by atoms with Gasteiger partial charge in [0.15, 0.2) is 0 Å². The van der Waals surface area contributed by atoms with E-state index < -0.39 is 18.4 Å². The fourth-order valence-electron chi connectivity index (χ4n) is 0.630. The van der Waals surface area contributed by atoms with E-state index in [9.17, 15) is 9.59 Å². The van der Waals surface area contributed by atoms with E-state index in [1.54, 1.807) is 0 Å². The number of amides is 1. The highest BCUT2D eigenvalue weighted by Crippen LogP contribution is 1.77. The third-order valence-corrected chi connectivity index (χ3v) is 1.13. The summed E-state index contributed by atoms with van der Waals surface area (Å²) in [5.41, 5.74) is 0. The standard InChI is InChI=1S/C5H7N5O3/c11-4(6-1-5(12)13)2-10-3-7-8-9-10/h3H,1-2H2,(H,6,11)(H,12,13). The Bertz CT molecular complexity index is 295. The van der Waals surface area contributed by atoms with Crippen molar-refractivity contribution in [3.63, 3.8) is 0 Å². The molecule has 1 aromatic heterocycles. The molecule has 0 aliphatic heterocycles. The quantitative estimate of drug-likeness (QED) is 0.554. The highest BCUT2D eigenvalue weighted by Gasteiger charge is 2.04. The Morgan fingerprint density at radius 2 is 2.31 bits per heavy atom. The zero-order valence-corrected chi connectivity index (χ0v) is 6.54. The fraction of sp³-hybridized carbons (Fsp3) is 0.400. The molecule has 0 saturated carbocycles. The van der Waals surface area contributed by atoms with Gasteiger partial charge in [-0.1, -0.05) is 0 Å². The minimum absolute atomic E-state index is 0.0831. The Morgan fingerprint density at radius 1 is 1.54 bits per heavy atom. The molecule has 0 aliphatic carbocycles. The van der Waals surface area contributed by atoms with Crippen LogP contribution in [0.25, 0.3) is 0 Å². The van der Waals surface area contributed by atoms with Gasteiger partial charge in [0.1, 0.15) is 19.4 Å². The summed E-state index contributed by atoms with van der Waals surface area (Å²) in [6.45, 7) is -0.485. The first kappa shape index (κ1) is 9.10. The normalized spacial score (nSPS) is 9.54. The monoisotopic (exact) mass is 185 g/mol. The summed E-state index contributed by atoms with van der Waals surface area (Å²) in [5, 5.41) is 20.4. The Labute approximate surface area is 72.5 Å². The van der Waals surface area contributed by atoms with E-state index in [2.05, 4.69) is 20.8 Å². The number of nitrogens with zero attached hydrogens (tertiary/aromatic N) is 4. The second-order valence-corrected chi connectivity index (χ2v) is 2.18. The molecule has 0 radical (unpaired) electrons. The second-order valence-electron chi connectivity index (χ2n) is 2.18. The number of hydrogen-bond donors (Lipinski definition) is 2. The lowest BCUT2D eigenvalue weighted by atomic mass is 10.5. The number of carbonyl (C=O) groups excluding carboxylic acids is 1. The van der Waals surface area contributed by atoms with Crippen LogP contribution >= 0.6 is 0 Å². The van der Waals surface area contributed by atoms with Crippen LogP contribution in [-0.4, -0.2) is 43.7 Å². The lowest BCUT2D eigenvalue weighted by molar-refractivity contribution is -0.138. The summed E-state index contributed by atoms with van der Waals surface area (Å²) in [6.07, 6.45) is 1.26. The van der Waals surface area contributed by atoms with Crippen molar-refractivity contribution in [2.45, 2.75) is 6.54 Å². The molecule has 0 bridgehead atoms. The molecule has 8 nitrogen and oxygen atoms in total. The lowest BCUT2D eigenvalue weighted by Crippen LogP contribution is -2.32. The smallest absolute Gasteiger partial charge is 0.322 e. The van der Waals surface area contributed by atoms with Gasteiger partial charge in [0.25, 0.3) is 0 Å². The van der Waals surface area contributed by atoms with E-state index >= 15 is 0 Å². The average Bonchev–Trinajstić information content (AvgIpc) is 2.53. The van der Waals surface area contributed by atoms with Crippen molar-refractivity contribution < 1.29 is 14.7 Å². The zero-order valence-electron chi connectivity index (χ0n) is 6.54. The van der Waals surface area contributed by atoms with Crippen LogP contribution < -0.4 is 5.32 Å². The van der Waals surface area contributed by atoms with Crippen LogP contribution in [0.2, 0.25) is 0 Å². The molecule has 0 saturated heterocycles. The van der Waals surface area contributed by atoms with Gasteiger partial charge in [0.2, 0.25) is 5.91 Å². The fourth-order valence-corrected chi connectivity index (χ4v) is 0.630. The molecule has 8 heteroatoms. The molecule has 1 rings (SSSR count). The van der Waals surface area contributed by atoms with E-state index in [0.29, 0.717) is 0 Å². The summed E-state index contributed by atoms with van der Waals surface area (Å²) >= 11 is 0. The second kappa shape index (κ2) is 4.14. The van der Waals surface area contributed by atoms with Crippen LogP contribution in [0.3, 0.4) is 0 Å². The summed E-state index contributed by atoms with van der Waals surface area (Å²) in [7, 11) is 0. The molecule has 0 aliphatic rings. The number of nitrogens with one attached hydrogen (secondary N) is 1. The van der Waals surface area contributed by atoms with Crippen LogP contribution in [0.4, 0.5) is 0 Å². The molecule has 0 atom stereocenters. The maximum Gasteiger partial charge on any atom is 0.322 e. The molecular formula is C5H7N5O3. The minimum atomic E-state index is -1.09. The first-order valence-corrected chi connectivity index (χ1v) is 3.38. The van der Waals surface area contributed by atoms with Crippen LogP contribution in [0.5, 0.6) is 0 Å². The third kappa shape index (κ3) is 3.27. The minimum Gasteiger partial charge on any atom is -0.480 e. The number of carboxylic acids is 1. The largest absolute Gasteiger partial charge is 0.480 e. The maximum atomic E-state index is 10.9. The number of carbonyl (C=O) groups is 2. The van der Waals surface area contributed by atoms with E-state index in [1.807, 2.05) is 0 Å². The predicted octanol–water partition coefficient (Wildman–Crippen LogP) is -2.13. The summed E-state index contributed by atoms with van der Waals surface area (Å²) in [4.78, 5) is 21.0. The van der Waals surface area contributed by atoms with Gasteiger partial charge in [-0.3, -0.25) is 9.59 Å². The number of rotatable bonds is 4. The number of aromatic nitrogens is 4. The first-order valence-electron chi connectivity index (χ1n) is 3.38. The topological polar surface area (TPSA) is 110 Å². The molecule has 0 unspecified atom stereocenters. The van der Waals surface area contributed by atoms with Crippen molar-refractivity contribution in [3.8, 4) is 0 Å². The summed E-state index contributed by atoms with van der Waals surface area (Å²) in [6, 6.07) is 0.